The second-order valence-corrected chi connectivity index (χ2v) is 4.70. The molecule has 4 heteroatoms. The molecule has 1 rings (SSSR count). The smallest absolute Gasteiger partial charge is 0.142 e. The number of rotatable bonds is 8. The van der Waals surface area contributed by atoms with E-state index in [1.165, 1.54) is 0 Å². The summed E-state index contributed by atoms with van der Waals surface area (Å²) >= 11 is 0. The molecule has 0 fully saturated rings. The van der Waals surface area contributed by atoms with Gasteiger partial charge in [-0.1, -0.05) is 26.0 Å². The Morgan fingerprint density at radius 3 is 2.61 bits per heavy atom. The van der Waals surface area contributed by atoms with Crippen molar-refractivity contribution in [1.82, 2.24) is 5.06 Å². The number of hydroxylamine groups is 2. The molecule has 0 amide bonds. The van der Waals surface area contributed by atoms with Crippen molar-refractivity contribution in [1.29, 1.82) is 0 Å². The molecule has 4 nitrogen and oxygen atoms in total. The van der Waals surface area contributed by atoms with Crippen LogP contribution in [0.1, 0.15) is 20.3 Å². The van der Waals surface area contributed by atoms with Crippen LogP contribution in [0.2, 0.25) is 0 Å². The Hall–Kier alpha value is -1.26. The lowest BCUT2D eigenvalue weighted by Gasteiger charge is -2.21. The van der Waals surface area contributed by atoms with Gasteiger partial charge in [0.1, 0.15) is 5.75 Å². The van der Waals surface area contributed by atoms with Crippen molar-refractivity contribution in [3.8, 4) is 5.75 Å². The zero-order valence-electron chi connectivity index (χ0n) is 11.6. The van der Waals surface area contributed by atoms with Gasteiger partial charge in [-0.3, -0.25) is 0 Å². The normalized spacial score (nSPS) is 11.2. The molecule has 0 aliphatic carbocycles. The summed E-state index contributed by atoms with van der Waals surface area (Å²) in [6.07, 6.45) is 0.912. The SMILES string of the molecule is CON(CCCOc1ccccc1N)CC(C)C. The lowest BCUT2D eigenvalue weighted by molar-refractivity contribution is -0.138. The van der Waals surface area contributed by atoms with E-state index in [1.54, 1.807) is 7.11 Å². The summed E-state index contributed by atoms with van der Waals surface area (Å²) < 4.78 is 5.63. The summed E-state index contributed by atoms with van der Waals surface area (Å²) in [6, 6.07) is 7.55. The number of ether oxygens (including phenoxy) is 1. The molecule has 0 aliphatic rings. The monoisotopic (exact) mass is 252 g/mol. The first-order valence-electron chi connectivity index (χ1n) is 6.40. The molecule has 18 heavy (non-hydrogen) atoms. The minimum Gasteiger partial charge on any atom is -0.491 e. The number of para-hydroxylation sites is 2. The molecule has 0 saturated heterocycles. The third-order valence-corrected chi connectivity index (χ3v) is 2.56. The van der Waals surface area contributed by atoms with Crippen LogP contribution in [0, 0.1) is 5.92 Å². The second-order valence-electron chi connectivity index (χ2n) is 4.70. The summed E-state index contributed by atoms with van der Waals surface area (Å²) in [5.41, 5.74) is 6.48. The Balaban J connectivity index is 2.24. The molecule has 0 radical (unpaired) electrons. The van der Waals surface area contributed by atoms with Gasteiger partial charge in [0.15, 0.2) is 0 Å². The van der Waals surface area contributed by atoms with Gasteiger partial charge in [0.25, 0.3) is 0 Å². The summed E-state index contributed by atoms with van der Waals surface area (Å²) in [4.78, 5) is 5.29. The fourth-order valence-electron chi connectivity index (χ4n) is 1.70. The van der Waals surface area contributed by atoms with E-state index < -0.39 is 0 Å². The number of nitrogens with two attached hydrogens (primary N) is 1. The summed E-state index contributed by atoms with van der Waals surface area (Å²) in [7, 11) is 1.71. The van der Waals surface area contributed by atoms with Crippen LogP contribution >= 0.6 is 0 Å². The topological polar surface area (TPSA) is 47.7 Å². The Kier molecular flexibility index (Phi) is 6.54. The fraction of sp³-hybridized carbons (Fsp3) is 0.571. The number of hydrogen-bond acceptors (Lipinski definition) is 4. The van der Waals surface area contributed by atoms with Crippen LogP contribution in [0.3, 0.4) is 0 Å². The number of nitrogens with zero attached hydrogens (tertiary/aromatic N) is 1. The first-order valence-corrected chi connectivity index (χ1v) is 6.40. The molecule has 1 aromatic carbocycles. The highest BCUT2D eigenvalue weighted by molar-refractivity contribution is 5.51. The molecule has 0 heterocycles. The summed E-state index contributed by atoms with van der Waals surface area (Å²) in [6.45, 7) is 6.79. The average molecular weight is 252 g/mol. The van der Waals surface area contributed by atoms with E-state index >= 15 is 0 Å². The first kappa shape index (κ1) is 14.8. The highest BCUT2D eigenvalue weighted by Crippen LogP contribution is 2.19. The van der Waals surface area contributed by atoms with E-state index in [4.69, 9.17) is 15.3 Å². The second kappa shape index (κ2) is 7.95. The van der Waals surface area contributed by atoms with Crippen LogP contribution in [0.5, 0.6) is 5.75 Å². The van der Waals surface area contributed by atoms with E-state index in [9.17, 15) is 0 Å². The van der Waals surface area contributed by atoms with Gasteiger partial charge in [-0.15, -0.1) is 0 Å². The van der Waals surface area contributed by atoms with Crippen molar-refractivity contribution in [3.05, 3.63) is 24.3 Å². The summed E-state index contributed by atoms with van der Waals surface area (Å²) in [5, 5.41) is 1.96. The van der Waals surface area contributed by atoms with Crippen LogP contribution < -0.4 is 10.5 Å². The molecule has 0 spiro atoms. The van der Waals surface area contributed by atoms with Crippen molar-refractivity contribution in [2.24, 2.45) is 5.92 Å². The Morgan fingerprint density at radius 2 is 2.00 bits per heavy atom. The molecule has 0 bridgehead atoms. The molecule has 0 aliphatic heterocycles. The van der Waals surface area contributed by atoms with E-state index in [1.807, 2.05) is 29.3 Å². The van der Waals surface area contributed by atoms with Gasteiger partial charge in [-0.05, 0) is 24.5 Å². The molecular weight excluding hydrogens is 228 g/mol. The quantitative estimate of drug-likeness (QED) is 0.439. The predicted octanol–water partition coefficient (Wildman–Crippen LogP) is 2.56. The molecule has 1 aromatic rings. The molecule has 2 N–H and O–H groups in total. The first-order chi connectivity index (χ1) is 8.63. The lowest BCUT2D eigenvalue weighted by Crippen LogP contribution is -2.28. The molecule has 102 valence electrons. The van der Waals surface area contributed by atoms with Gasteiger partial charge in [0.05, 0.1) is 19.4 Å². The number of benzene rings is 1. The van der Waals surface area contributed by atoms with Crippen molar-refractivity contribution in [2.75, 3.05) is 32.5 Å². The third kappa shape index (κ3) is 5.38. The maximum atomic E-state index is 5.79. The van der Waals surface area contributed by atoms with Gasteiger partial charge in [0, 0.05) is 13.1 Å². The minimum absolute atomic E-state index is 0.593. The van der Waals surface area contributed by atoms with Crippen molar-refractivity contribution in [3.63, 3.8) is 0 Å². The van der Waals surface area contributed by atoms with Crippen LogP contribution in [0.25, 0.3) is 0 Å². The van der Waals surface area contributed by atoms with Gasteiger partial charge in [-0.2, -0.15) is 5.06 Å². The predicted molar refractivity (Wildman–Crippen MR) is 74.4 cm³/mol. The van der Waals surface area contributed by atoms with Gasteiger partial charge < -0.3 is 15.3 Å². The van der Waals surface area contributed by atoms with Crippen LogP contribution in [0.15, 0.2) is 24.3 Å². The number of anilines is 1. The Morgan fingerprint density at radius 1 is 1.28 bits per heavy atom. The Bertz CT molecular complexity index is 342. The third-order valence-electron chi connectivity index (χ3n) is 2.56. The van der Waals surface area contributed by atoms with Gasteiger partial charge in [-0.25, -0.2) is 0 Å². The summed E-state index contributed by atoms with van der Waals surface area (Å²) in [5.74, 6) is 1.35. The van der Waals surface area contributed by atoms with Crippen LogP contribution in [0.4, 0.5) is 5.69 Å². The number of hydrogen-bond donors (Lipinski definition) is 1. The van der Waals surface area contributed by atoms with Crippen molar-refractivity contribution in [2.45, 2.75) is 20.3 Å². The highest BCUT2D eigenvalue weighted by Gasteiger charge is 2.06. The zero-order valence-corrected chi connectivity index (χ0v) is 11.6. The van der Waals surface area contributed by atoms with Crippen LogP contribution in [-0.2, 0) is 4.84 Å². The molecule has 0 unspecified atom stereocenters. The lowest BCUT2D eigenvalue weighted by atomic mass is 10.2. The molecule has 0 saturated carbocycles. The van der Waals surface area contributed by atoms with E-state index in [-0.39, 0.29) is 0 Å². The Labute approximate surface area is 110 Å². The van der Waals surface area contributed by atoms with E-state index in [0.717, 1.165) is 25.3 Å². The maximum absolute atomic E-state index is 5.79. The molecule has 0 atom stereocenters. The van der Waals surface area contributed by atoms with Crippen LogP contribution in [-0.4, -0.2) is 31.9 Å². The largest absolute Gasteiger partial charge is 0.491 e. The number of nitrogen functional groups attached to an aromatic ring is 1. The molecular formula is C14H24N2O2. The average Bonchev–Trinajstić information content (AvgIpc) is 2.34. The minimum atomic E-state index is 0.593. The highest BCUT2D eigenvalue weighted by atomic mass is 16.7. The zero-order chi connectivity index (χ0) is 13.4. The standard InChI is InChI=1S/C14H24N2O2/c1-12(2)11-16(17-3)9-6-10-18-14-8-5-4-7-13(14)15/h4-5,7-8,12H,6,9-11,15H2,1-3H3. The fourth-order valence-corrected chi connectivity index (χ4v) is 1.70. The van der Waals surface area contributed by atoms with Crippen molar-refractivity contribution >= 4 is 5.69 Å². The molecule has 0 aromatic heterocycles. The van der Waals surface area contributed by atoms with Gasteiger partial charge in [0.2, 0.25) is 0 Å². The van der Waals surface area contributed by atoms with Gasteiger partial charge >= 0.3 is 0 Å². The van der Waals surface area contributed by atoms with E-state index in [2.05, 4.69) is 13.8 Å². The maximum Gasteiger partial charge on any atom is 0.142 e. The van der Waals surface area contributed by atoms with Crippen molar-refractivity contribution < 1.29 is 9.57 Å². The van der Waals surface area contributed by atoms with E-state index in [0.29, 0.717) is 18.2 Å².